The molecule has 76 valence electrons. The van der Waals surface area contributed by atoms with Crippen molar-refractivity contribution in [1.29, 1.82) is 0 Å². The summed E-state index contributed by atoms with van der Waals surface area (Å²) in [6.07, 6.45) is 0.856. The molecule has 4 heteroatoms. The molecule has 2 rings (SSSR count). The van der Waals surface area contributed by atoms with Crippen LogP contribution in [0.5, 0.6) is 0 Å². The van der Waals surface area contributed by atoms with Crippen molar-refractivity contribution in [2.24, 2.45) is 0 Å². The summed E-state index contributed by atoms with van der Waals surface area (Å²) in [5.74, 6) is 0.156. The number of carbonyl (C=O) groups excluding carboxylic acids is 1. The average molecular weight is 321 g/mol. The van der Waals surface area contributed by atoms with Crippen molar-refractivity contribution in [3.63, 3.8) is 0 Å². The van der Waals surface area contributed by atoms with Crippen molar-refractivity contribution in [2.75, 3.05) is 5.32 Å². The SMILES string of the molecule is Br.CCC1C(=O)Nc2ccc(Br)cc21. The molecule has 1 aromatic rings. The zero-order chi connectivity index (χ0) is 9.42. The zero-order valence-corrected chi connectivity index (χ0v) is 11.0. The summed E-state index contributed by atoms with van der Waals surface area (Å²) in [4.78, 5) is 11.4. The molecule has 1 aliphatic rings. The maximum absolute atomic E-state index is 11.4. The molecule has 1 unspecified atom stereocenters. The summed E-state index contributed by atoms with van der Waals surface area (Å²) in [6, 6.07) is 5.89. The van der Waals surface area contributed by atoms with Crippen molar-refractivity contribution in [1.82, 2.24) is 0 Å². The summed E-state index contributed by atoms with van der Waals surface area (Å²) in [5.41, 5.74) is 2.07. The molecule has 0 fully saturated rings. The van der Waals surface area contributed by atoms with Gasteiger partial charge >= 0.3 is 0 Å². The Morgan fingerprint density at radius 2 is 2.21 bits per heavy atom. The van der Waals surface area contributed by atoms with Gasteiger partial charge in [0.15, 0.2) is 0 Å². The van der Waals surface area contributed by atoms with E-state index >= 15 is 0 Å². The van der Waals surface area contributed by atoms with Crippen LogP contribution in [0.3, 0.4) is 0 Å². The quantitative estimate of drug-likeness (QED) is 0.843. The highest BCUT2D eigenvalue weighted by Gasteiger charge is 2.28. The molecule has 0 aromatic heterocycles. The second kappa shape index (κ2) is 4.45. The van der Waals surface area contributed by atoms with Crippen LogP contribution in [-0.2, 0) is 4.79 Å². The van der Waals surface area contributed by atoms with Gasteiger partial charge in [-0.3, -0.25) is 4.79 Å². The molecule has 0 saturated carbocycles. The second-order valence-electron chi connectivity index (χ2n) is 3.18. The summed E-state index contributed by atoms with van der Waals surface area (Å²) in [5, 5.41) is 2.87. The van der Waals surface area contributed by atoms with E-state index in [2.05, 4.69) is 21.2 Å². The van der Waals surface area contributed by atoms with Gasteiger partial charge in [0.1, 0.15) is 0 Å². The monoisotopic (exact) mass is 319 g/mol. The van der Waals surface area contributed by atoms with Gasteiger partial charge in [0, 0.05) is 10.2 Å². The molecule has 2 nitrogen and oxygen atoms in total. The van der Waals surface area contributed by atoms with Crippen LogP contribution >= 0.6 is 32.9 Å². The molecule has 1 aromatic carbocycles. The first-order valence-electron chi connectivity index (χ1n) is 4.32. The van der Waals surface area contributed by atoms with Gasteiger partial charge in [-0.05, 0) is 30.2 Å². The zero-order valence-electron chi connectivity index (χ0n) is 7.71. The van der Waals surface area contributed by atoms with Crippen LogP contribution in [0.4, 0.5) is 5.69 Å². The third kappa shape index (κ3) is 1.86. The van der Waals surface area contributed by atoms with Crippen molar-refractivity contribution in [2.45, 2.75) is 19.3 Å². The molecular weight excluding hydrogens is 310 g/mol. The van der Waals surface area contributed by atoms with Crippen molar-refractivity contribution >= 4 is 44.5 Å². The Balaban J connectivity index is 0.000000980. The van der Waals surface area contributed by atoms with E-state index < -0.39 is 0 Å². The van der Waals surface area contributed by atoms with Crippen LogP contribution in [0, 0.1) is 0 Å². The minimum atomic E-state index is 0. The lowest BCUT2D eigenvalue weighted by Crippen LogP contribution is -2.10. The van der Waals surface area contributed by atoms with Gasteiger partial charge in [0.25, 0.3) is 0 Å². The Hall–Kier alpha value is -0.350. The Labute approximate surface area is 102 Å². The van der Waals surface area contributed by atoms with E-state index in [4.69, 9.17) is 0 Å². The highest BCUT2D eigenvalue weighted by Crippen LogP contribution is 2.35. The highest BCUT2D eigenvalue weighted by molar-refractivity contribution is 9.10. The third-order valence-electron chi connectivity index (χ3n) is 2.37. The molecule has 0 spiro atoms. The first-order valence-corrected chi connectivity index (χ1v) is 5.12. The van der Waals surface area contributed by atoms with Crippen molar-refractivity contribution < 1.29 is 4.79 Å². The number of anilines is 1. The van der Waals surface area contributed by atoms with E-state index in [9.17, 15) is 4.79 Å². The lowest BCUT2D eigenvalue weighted by Gasteiger charge is -2.04. The lowest BCUT2D eigenvalue weighted by atomic mass is 9.98. The molecule has 14 heavy (non-hydrogen) atoms. The normalized spacial score (nSPS) is 18.4. The van der Waals surface area contributed by atoms with Gasteiger partial charge in [0.2, 0.25) is 5.91 Å². The summed E-state index contributed by atoms with van der Waals surface area (Å²) >= 11 is 3.40. The molecule has 1 heterocycles. The first kappa shape index (κ1) is 11.7. The standard InChI is InChI=1S/C10H10BrNO.BrH/c1-2-7-8-5-6(11)3-4-9(8)12-10(7)13;/h3-5,7H,2H2,1H3,(H,12,13);1H. The largest absolute Gasteiger partial charge is 0.325 e. The number of carbonyl (C=O) groups is 1. The summed E-state index contributed by atoms with van der Waals surface area (Å²) in [6.45, 7) is 2.03. The van der Waals surface area contributed by atoms with E-state index in [-0.39, 0.29) is 28.8 Å². The Morgan fingerprint density at radius 3 is 2.86 bits per heavy atom. The molecule has 1 aliphatic heterocycles. The lowest BCUT2D eigenvalue weighted by molar-refractivity contribution is -0.117. The molecule has 0 bridgehead atoms. The number of rotatable bonds is 1. The number of hydrogen-bond acceptors (Lipinski definition) is 1. The van der Waals surface area contributed by atoms with Crippen LogP contribution in [0.1, 0.15) is 24.8 Å². The molecule has 0 saturated heterocycles. The minimum absolute atomic E-state index is 0. The van der Waals surface area contributed by atoms with E-state index in [0.29, 0.717) is 0 Å². The highest BCUT2D eigenvalue weighted by atomic mass is 79.9. The third-order valence-corrected chi connectivity index (χ3v) is 2.86. The molecule has 1 amide bonds. The minimum Gasteiger partial charge on any atom is -0.325 e. The molecule has 1 N–H and O–H groups in total. The van der Waals surface area contributed by atoms with Crippen LogP contribution < -0.4 is 5.32 Å². The topological polar surface area (TPSA) is 29.1 Å². The van der Waals surface area contributed by atoms with Crippen LogP contribution in [0.25, 0.3) is 0 Å². The van der Waals surface area contributed by atoms with Gasteiger partial charge in [-0.1, -0.05) is 22.9 Å². The fourth-order valence-corrected chi connectivity index (χ4v) is 2.08. The van der Waals surface area contributed by atoms with Crippen molar-refractivity contribution in [3.8, 4) is 0 Å². The van der Waals surface area contributed by atoms with Gasteiger partial charge in [-0.2, -0.15) is 0 Å². The van der Waals surface area contributed by atoms with Crippen molar-refractivity contribution in [3.05, 3.63) is 28.2 Å². The Bertz CT molecular complexity index is 365. The maximum Gasteiger partial charge on any atom is 0.231 e. The fourth-order valence-electron chi connectivity index (χ4n) is 1.70. The molecule has 0 aliphatic carbocycles. The predicted octanol–water partition coefficient (Wildman–Crippen LogP) is 3.47. The average Bonchev–Trinajstić information content (AvgIpc) is 2.40. The Kier molecular flexibility index (Phi) is 3.72. The van der Waals surface area contributed by atoms with Gasteiger partial charge in [0.05, 0.1) is 5.92 Å². The van der Waals surface area contributed by atoms with E-state index in [1.165, 1.54) is 0 Å². The van der Waals surface area contributed by atoms with Gasteiger partial charge in [-0.25, -0.2) is 0 Å². The number of hydrogen-bond donors (Lipinski definition) is 1. The number of halogens is 2. The number of benzene rings is 1. The first-order chi connectivity index (χ1) is 6.22. The predicted molar refractivity (Wildman–Crippen MR) is 66.1 cm³/mol. The number of amides is 1. The van der Waals surface area contributed by atoms with Gasteiger partial charge < -0.3 is 5.32 Å². The molecule has 1 atom stereocenters. The number of nitrogens with one attached hydrogen (secondary N) is 1. The van der Waals surface area contributed by atoms with Crippen LogP contribution in [-0.4, -0.2) is 5.91 Å². The molecule has 0 radical (unpaired) electrons. The Morgan fingerprint density at radius 1 is 1.50 bits per heavy atom. The fraction of sp³-hybridized carbons (Fsp3) is 0.300. The van der Waals surface area contributed by atoms with Crippen LogP contribution in [0.15, 0.2) is 22.7 Å². The van der Waals surface area contributed by atoms with E-state index in [0.717, 1.165) is 22.1 Å². The smallest absolute Gasteiger partial charge is 0.231 e. The second-order valence-corrected chi connectivity index (χ2v) is 4.10. The summed E-state index contributed by atoms with van der Waals surface area (Å²) in [7, 11) is 0. The molecular formula is C10H11Br2NO. The van der Waals surface area contributed by atoms with E-state index in [1.54, 1.807) is 0 Å². The summed E-state index contributed by atoms with van der Waals surface area (Å²) < 4.78 is 1.03. The van der Waals surface area contributed by atoms with Crippen LogP contribution in [0.2, 0.25) is 0 Å². The number of fused-ring (bicyclic) bond motifs is 1. The maximum atomic E-state index is 11.4. The van der Waals surface area contributed by atoms with Gasteiger partial charge in [-0.15, -0.1) is 17.0 Å². The van der Waals surface area contributed by atoms with E-state index in [1.807, 2.05) is 25.1 Å².